The van der Waals surface area contributed by atoms with Crippen molar-refractivity contribution >= 4 is 13.4 Å². The number of rotatable bonds is 1. The predicted molar refractivity (Wildman–Crippen MR) is 36.3 cm³/mol. The van der Waals surface area contributed by atoms with Crippen molar-refractivity contribution in [2.75, 3.05) is 0 Å². The second-order valence-electron chi connectivity index (χ2n) is 1.97. The molecule has 0 N–H and O–H groups in total. The van der Waals surface area contributed by atoms with Crippen LogP contribution in [0.3, 0.4) is 0 Å². The second-order valence-corrected chi connectivity index (χ2v) is 1.97. The number of nitrogens with zero attached hydrogens (tertiary/aromatic N) is 1. The van der Waals surface area contributed by atoms with Crippen molar-refractivity contribution in [2.24, 2.45) is 0 Å². The minimum absolute atomic E-state index is 0.143. The van der Waals surface area contributed by atoms with E-state index in [0.717, 1.165) is 12.3 Å². The van der Waals surface area contributed by atoms with Crippen molar-refractivity contribution in [1.82, 2.24) is 4.98 Å². The van der Waals surface area contributed by atoms with Crippen molar-refractivity contribution in [3.63, 3.8) is 0 Å². The van der Waals surface area contributed by atoms with Gasteiger partial charge >= 0.3 is 6.36 Å². The summed E-state index contributed by atoms with van der Waals surface area (Å²) in [6, 6.07) is 2.32. The molecule has 0 aliphatic rings. The SMILES string of the molecule is [B]c1ccc(OC(F)(F)F)cn1. The first kappa shape index (κ1) is 8.90. The van der Waals surface area contributed by atoms with E-state index in [1.54, 1.807) is 0 Å². The summed E-state index contributed by atoms with van der Waals surface area (Å²) in [5, 5.41) is 0. The topological polar surface area (TPSA) is 22.1 Å². The van der Waals surface area contributed by atoms with Gasteiger partial charge in [-0.05, 0) is 17.7 Å². The van der Waals surface area contributed by atoms with E-state index in [9.17, 15) is 13.2 Å². The zero-order valence-electron chi connectivity index (χ0n) is 5.80. The Kier molecular flexibility index (Phi) is 2.26. The van der Waals surface area contributed by atoms with Gasteiger partial charge in [-0.15, -0.1) is 13.2 Å². The molecule has 0 unspecified atom stereocenters. The number of alkyl halides is 3. The molecule has 0 saturated heterocycles. The summed E-state index contributed by atoms with van der Waals surface area (Å²) in [5.41, 5.74) is 0.143. The first-order valence-corrected chi connectivity index (χ1v) is 2.95. The lowest BCUT2D eigenvalue weighted by molar-refractivity contribution is -0.274. The van der Waals surface area contributed by atoms with Crippen LogP contribution >= 0.6 is 0 Å². The van der Waals surface area contributed by atoms with E-state index in [1.807, 2.05) is 0 Å². The van der Waals surface area contributed by atoms with Gasteiger partial charge in [0, 0.05) is 0 Å². The van der Waals surface area contributed by atoms with Gasteiger partial charge in [0.2, 0.25) is 0 Å². The highest BCUT2D eigenvalue weighted by Crippen LogP contribution is 2.20. The van der Waals surface area contributed by atoms with Crippen molar-refractivity contribution in [2.45, 2.75) is 6.36 Å². The highest BCUT2D eigenvalue weighted by molar-refractivity contribution is 6.30. The maximum absolute atomic E-state index is 11.6. The van der Waals surface area contributed by atoms with Crippen LogP contribution in [-0.4, -0.2) is 19.2 Å². The van der Waals surface area contributed by atoms with Gasteiger partial charge in [-0.25, -0.2) is 0 Å². The summed E-state index contributed by atoms with van der Waals surface area (Å²) in [6.07, 6.45) is -3.78. The third-order valence-electron chi connectivity index (χ3n) is 0.993. The van der Waals surface area contributed by atoms with E-state index in [1.165, 1.54) is 6.07 Å². The maximum Gasteiger partial charge on any atom is 0.573 e. The largest absolute Gasteiger partial charge is 0.573 e. The number of pyridine rings is 1. The van der Waals surface area contributed by atoms with E-state index >= 15 is 0 Å². The van der Waals surface area contributed by atoms with Crippen LogP contribution in [0.2, 0.25) is 0 Å². The molecule has 1 aromatic heterocycles. The molecule has 2 nitrogen and oxygen atoms in total. The minimum Gasteiger partial charge on any atom is -0.404 e. The first-order valence-electron chi connectivity index (χ1n) is 2.95. The predicted octanol–water partition coefficient (Wildman–Crippen LogP) is 0.774. The van der Waals surface area contributed by atoms with Gasteiger partial charge in [0.15, 0.2) is 0 Å². The Hall–Kier alpha value is -1.20. The van der Waals surface area contributed by atoms with Gasteiger partial charge in [-0.3, -0.25) is 4.98 Å². The third-order valence-corrected chi connectivity index (χ3v) is 0.993. The molecule has 1 rings (SSSR count). The summed E-state index contributed by atoms with van der Waals surface area (Å²) in [4.78, 5) is 3.42. The number of hydrogen-bond donors (Lipinski definition) is 0. The summed E-state index contributed by atoms with van der Waals surface area (Å²) >= 11 is 0. The zero-order chi connectivity index (χ0) is 9.19. The van der Waals surface area contributed by atoms with Gasteiger partial charge in [0.1, 0.15) is 13.6 Å². The lowest BCUT2D eigenvalue weighted by atomic mass is 10.0. The van der Waals surface area contributed by atoms with Crippen LogP contribution < -0.4 is 10.3 Å². The molecule has 62 valence electrons. The van der Waals surface area contributed by atoms with Crippen molar-refractivity contribution in [3.05, 3.63) is 18.3 Å². The molecule has 0 fully saturated rings. The van der Waals surface area contributed by atoms with E-state index in [2.05, 4.69) is 9.72 Å². The van der Waals surface area contributed by atoms with E-state index in [0.29, 0.717) is 0 Å². The van der Waals surface area contributed by atoms with Crippen LogP contribution in [0.4, 0.5) is 13.2 Å². The Morgan fingerprint density at radius 2 is 2.00 bits per heavy atom. The quantitative estimate of drug-likeness (QED) is 0.585. The van der Waals surface area contributed by atoms with Crippen molar-refractivity contribution in [1.29, 1.82) is 0 Å². The number of halogens is 3. The van der Waals surface area contributed by atoms with E-state index in [-0.39, 0.29) is 11.3 Å². The molecule has 0 saturated carbocycles. The molecular formula is C6H3BF3NO. The average molecular weight is 173 g/mol. The zero-order valence-corrected chi connectivity index (χ0v) is 5.80. The normalized spacial score (nSPS) is 11.2. The Balaban J connectivity index is 2.71. The molecule has 2 radical (unpaired) electrons. The van der Waals surface area contributed by atoms with Crippen LogP contribution in [0.25, 0.3) is 0 Å². The minimum atomic E-state index is -4.68. The Bertz CT molecular complexity index is 258. The fourth-order valence-corrected chi connectivity index (χ4v) is 0.586. The highest BCUT2D eigenvalue weighted by atomic mass is 19.4. The summed E-state index contributed by atoms with van der Waals surface area (Å²) in [7, 11) is 5.14. The van der Waals surface area contributed by atoms with Crippen molar-refractivity contribution in [3.8, 4) is 5.75 Å². The van der Waals surface area contributed by atoms with Crippen LogP contribution in [0, 0.1) is 0 Å². The second kappa shape index (κ2) is 3.04. The first-order chi connectivity index (χ1) is 5.47. The molecule has 1 aromatic rings. The molecule has 12 heavy (non-hydrogen) atoms. The maximum atomic E-state index is 11.6. The van der Waals surface area contributed by atoms with Gasteiger partial charge in [-0.2, -0.15) is 0 Å². The Morgan fingerprint density at radius 1 is 1.33 bits per heavy atom. The number of aromatic nitrogens is 1. The summed E-state index contributed by atoms with van der Waals surface area (Å²) < 4.78 is 38.2. The molecule has 0 aromatic carbocycles. The fourth-order valence-electron chi connectivity index (χ4n) is 0.586. The fraction of sp³-hybridized carbons (Fsp3) is 0.167. The smallest absolute Gasteiger partial charge is 0.404 e. The molecule has 0 aliphatic carbocycles. The Labute approximate surface area is 67.8 Å². The molecule has 0 atom stereocenters. The summed E-state index contributed by atoms with van der Waals surface area (Å²) in [6.45, 7) is 0. The molecule has 0 spiro atoms. The molecular weight excluding hydrogens is 170 g/mol. The molecule has 0 amide bonds. The van der Waals surface area contributed by atoms with Crippen LogP contribution in [0.15, 0.2) is 18.3 Å². The van der Waals surface area contributed by atoms with Crippen molar-refractivity contribution < 1.29 is 17.9 Å². The van der Waals surface area contributed by atoms with Gasteiger partial charge in [0.05, 0.1) is 6.20 Å². The molecule has 0 bridgehead atoms. The highest BCUT2D eigenvalue weighted by Gasteiger charge is 2.31. The third kappa shape index (κ3) is 2.81. The standard InChI is InChI=1S/C6H3BF3NO/c7-5-2-1-4(3-11-5)12-6(8,9)10/h1-3H. The lowest BCUT2D eigenvalue weighted by Crippen LogP contribution is -2.18. The Morgan fingerprint density at radius 3 is 2.42 bits per heavy atom. The lowest BCUT2D eigenvalue weighted by Gasteiger charge is -2.07. The van der Waals surface area contributed by atoms with Crippen LogP contribution in [-0.2, 0) is 0 Å². The van der Waals surface area contributed by atoms with E-state index < -0.39 is 6.36 Å². The van der Waals surface area contributed by atoms with E-state index in [4.69, 9.17) is 7.85 Å². The molecule has 6 heteroatoms. The van der Waals surface area contributed by atoms with Gasteiger partial charge in [-0.1, -0.05) is 0 Å². The van der Waals surface area contributed by atoms with Gasteiger partial charge in [0.25, 0.3) is 0 Å². The van der Waals surface area contributed by atoms with Crippen LogP contribution in [0.5, 0.6) is 5.75 Å². The number of ether oxygens (including phenoxy) is 1. The number of hydrogen-bond acceptors (Lipinski definition) is 2. The monoisotopic (exact) mass is 173 g/mol. The average Bonchev–Trinajstić information content (AvgIpc) is 1.91. The summed E-state index contributed by atoms with van der Waals surface area (Å²) in [5.74, 6) is -0.378. The van der Waals surface area contributed by atoms with Crippen LogP contribution in [0.1, 0.15) is 0 Å². The molecule has 1 heterocycles. The van der Waals surface area contributed by atoms with Gasteiger partial charge < -0.3 is 4.74 Å². The molecule has 0 aliphatic heterocycles.